The summed E-state index contributed by atoms with van der Waals surface area (Å²) in [5.74, 6) is -0.132. The lowest BCUT2D eigenvalue weighted by atomic mass is 9.94. The minimum atomic E-state index is -0.247. The van der Waals surface area contributed by atoms with Crippen molar-refractivity contribution in [1.82, 2.24) is 0 Å². The number of cyclic esters (lactones) is 1. The van der Waals surface area contributed by atoms with Crippen molar-refractivity contribution in [1.29, 1.82) is 0 Å². The summed E-state index contributed by atoms with van der Waals surface area (Å²) < 4.78 is 11.9. The highest BCUT2D eigenvalue weighted by molar-refractivity contribution is 8.22. The van der Waals surface area contributed by atoms with Gasteiger partial charge in [0, 0.05) is 5.92 Å². The second-order valence-electron chi connectivity index (χ2n) is 7.14. The third kappa shape index (κ3) is 9.40. The van der Waals surface area contributed by atoms with Gasteiger partial charge in [-0.15, -0.1) is 6.58 Å². The third-order valence-electron chi connectivity index (χ3n) is 5.02. The first kappa shape index (κ1) is 23.5. The molecule has 1 rings (SSSR count). The predicted molar refractivity (Wildman–Crippen MR) is 116 cm³/mol. The molecule has 0 spiro atoms. The fourth-order valence-electron chi connectivity index (χ4n) is 3.46. The Balaban J connectivity index is 2.28. The molecule has 1 aliphatic heterocycles. The predicted octanol–water partition coefficient (Wildman–Crippen LogP) is 6.45. The molecule has 1 fully saturated rings. The number of hydrogen-bond acceptors (Lipinski definition) is 5. The average molecular weight is 401 g/mol. The van der Waals surface area contributed by atoms with Gasteiger partial charge in [0.1, 0.15) is 12.2 Å². The van der Waals surface area contributed by atoms with Gasteiger partial charge in [-0.1, -0.05) is 82.5 Å². The van der Waals surface area contributed by atoms with Crippen molar-refractivity contribution in [3.8, 4) is 0 Å². The molecule has 0 aliphatic carbocycles. The number of carbonyl (C=O) groups is 1. The van der Waals surface area contributed by atoms with Crippen molar-refractivity contribution in [3.63, 3.8) is 0 Å². The topological polar surface area (TPSA) is 35.5 Å². The third-order valence-corrected chi connectivity index (χ3v) is 6.04. The maximum Gasteiger partial charge on any atom is 0.306 e. The standard InChI is InChI=1S/C21H36O3S2/c1-4-6-7-8-9-10-11-12-13-14-15-18(23-21(25)26-3)20-17(5-2)16-19(22)24-20/h5,17-18,20H,2,4,6-16H2,1,3H3/t17-,18-,20-/m0/s1. The van der Waals surface area contributed by atoms with Crippen molar-refractivity contribution in [2.24, 2.45) is 5.92 Å². The van der Waals surface area contributed by atoms with Crippen LogP contribution >= 0.6 is 24.0 Å². The quantitative estimate of drug-likeness (QED) is 0.145. The van der Waals surface area contributed by atoms with E-state index in [4.69, 9.17) is 21.7 Å². The molecule has 1 heterocycles. The number of carbonyl (C=O) groups excluding carboxylic acids is 1. The number of esters is 1. The minimum absolute atomic E-state index is 0.0280. The molecule has 1 saturated heterocycles. The zero-order valence-electron chi connectivity index (χ0n) is 16.5. The molecule has 1 aliphatic rings. The summed E-state index contributed by atoms with van der Waals surface area (Å²) >= 11 is 6.65. The first-order valence-electron chi connectivity index (χ1n) is 10.2. The minimum Gasteiger partial charge on any atom is -0.471 e. The van der Waals surface area contributed by atoms with Crippen LogP contribution in [0.2, 0.25) is 0 Å². The molecule has 0 aromatic heterocycles. The SMILES string of the molecule is C=C[C@H]1CC(=O)O[C@@H]1[C@H](CCCCCCCCCCCC)OC(=S)SC. The molecule has 0 aromatic rings. The van der Waals surface area contributed by atoms with Gasteiger partial charge in [0.2, 0.25) is 4.38 Å². The Bertz CT molecular complexity index is 425. The fourth-order valence-corrected chi connectivity index (χ4v) is 3.80. The molecule has 0 amide bonds. The van der Waals surface area contributed by atoms with E-state index in [-0.39, 0.29) is 24.1 Å². The van der Waals surface area contributed by atoms with Crippen molar-refractivity contribution in [3.05, 3.63) is 12.7 Å². The normalized spacial score (nSPS) is 20.6. The molecule has 3 nitrogen and oxygen atoms in total. The van der Waals surface area contributed by atoms with Crippen LogP contribution in [0, 0.1) is 5.92 Å². The van der Waals surface area contributed by atoms with Gasteiger partial charge in [-0.05, 0) is 31.3 Å². The summed E-state index contributed by atoms with van der Waals surface area (Å²) in [7, 11) is 0. The summed E-state index contributed by atoms with van der Waals surface area (Å²) in [5.41, 5.74) is 0. The highest BCUT2D eigenvalue weighted by Gasteiger charge is 2.39. The molecule has 3 atom stereocenters. The van der Waals surface area contributed by atoms with Gasteiger partial charge in [-0.3, -0.25) is 4.79 Å². The van der Waals surface area contributed by atoms with Crippen LogP contribution in [0.15, 0.2) is 12.7 Å². The summed E-state index contributed by atoms with van der Waals surface area (Å²) in [6.45, 7) is 6.10. The Morgan fingerprint density at radius 1 is 1.23 bits per heavy atom. The molecular formula is C21H36O3S2. The largest absolute Gasteiger partial charge is 0.471 e. The lowest BCUT2D eigenvalue weighted by Crippen LogP contribution is -2.34. The Labute approximate surface area is 169 Å². The molecule has 0 bridgehead atoms. The van der Waals surface area contributed by atoms with Crippen LogP contribution in [0.5, 0.6) is 0 Å². The van der Waals surface area contributed by atoms with Crippen LogP contribution in [0.3, 0.4) is 0 Å². The molecule has 150 valence electrons. The number of ether oxygens (including phenoxy) is 2. The van der Waals surface area contributed by atoms with E-state index in [0.717, 1.165) is 12.8 Å². The Morgan fingerprint density at radius 3 is 2.35 bits per heavy atom. The van der Waals surface area contributed by atoms with E-state index < -0.39 is 0 Å². The first-order chi connectivity index (χ1) is 12.6. The van der Waals surface area contributed by atoms with Crippen LogP contribution in [-0.4, -0.2) is 28.8 Å². The monoisotopic (exact) mass is 400 g/mol. The molecule has 0 saturated carbocycles. The van der Waals surface area contributed by atoms with Gasteiger partial charge in [-0.2, -0.15) is 0 Å². The van der Waals surface area contributed by atoms with Gasteiger partial charge in [0.05, 0.1) is 6.42 Å². The van der Waals surface area contributed by atoms with E-state index in [1.54, 1.807) is 0 Å². The number of rotatable bonds is 14. The summed E-state index contributed by atoms with van der Waals surface area (Å²) in [4.78, 5) is 11.7. The van der Waals surface area contributed by atoms with Crippen LogP contribution in [-0.2, 0) is 14.3 Å². The Kier molecular flexibility index (Phi) is 13.1. The molecule has 0 unspecified atom stereocenters. The Hall–Kier alpha value is -0.550. The number of thiocarbonyl (C=S) groups is 1. The van der Waals surface area contributed by atoms with Gasteiger partial charge in [0.25, 0.3) is 0 Å². The van der Waals surface area contributed by atoms with Gasteiger partial charge >= 0.3 is 5.97 Å². The van der Waals surface area contributed by atoms with Crippen LogP contribution in [0.1, 0.15) is 84.0 Å². The highest BCUT2D eigenvalue weighted by atomic mass is 32.2. The second kappa shape index (κ2) is 14.5. The van der Waals surface area contributed by atoms with Crippen molar-refractivity contribution >= 4 is 34.3 Å². The zero-order chi connectivity index (χ0) is 19.2. The number of hydrogen-bond donors (Lipinski definition) is 0. The van der Waals surface area contributed by atoms with Crippen molar-refractivity contribution < 1.29 is 14.3 Å². The van der Waals surface area contributed by atoms with Crippen LogP contribution in [0.25, 0.3) is 0 Å². The zero-order valence-corrected chi connectivity index (χ0v) is 18.2. The van der Waals surface area contributed by atoms with Gasteiger partial charge in [0.15, 0.2) is 0 Å². The number of unbranched alkanes of at least 4 members (excludes halogenated alkanes) is 9. The Morgan fingerprint density at radius 2 is 1.81 bits per heavy atom. The van der Waals surface area contributed by atoms with Crippen LogP contribution in [0.4, 0.5) is 0 Å². The van der Waals surface area contributed by atoms with Gasteiger partial charge < -0.3 is 9.47 Å². The molecule has 0 radical (unpaired) electrons. The summed E-state index contributed by atoms with van der Waals surface area (Å²) in [5, 5.41) is 0. The molecule has 0 N–H and O–H groups in total. The van der Waals surface area contributed by atoms with E-state index in [0.29, 0.717) is 10.8 Å². The molecule has 26 heavy (non-hydrogen) atoms. The van der Waals surface area contributed by atoms with Crippen molar-refractivity contribution in [2.75, 3.05) is 6.26 Å². The maximum atomic E-state index is 11.7. The fraction of sp³-hybridized carbons (Fsp3) is 0.810. The molecular weight excluding hydrogens is 364 g/mol. The lowest BCUT2D eigenvalue weighted by molar-refractivity contribution is -0.145. The van der Waals surface area contributed by atoms with E-state index in [1.165, 1.54) is 69.5 Å². The van der Waals surface area contributed by atoms with Gasteiger partial charge in [-0.25, -0.2) is 0 Å². The average Bonchev–Trinajstić information content (AvgIpc) is 3.02. The molecule has 5 heteroatoms. The van der Waals surface area contributed by atoms with E-state index in [2.05, 4.69) is 13.5 Å². The van der Waals surface area contributed by atoms with E-state index in [1.807, 2.05) is 12.3 Å². The maximum absolute atomic E-state index is 11.7. The van der Waals surface area contributed by atoms with E-state index >= 15 is 0 Å². The first-order valence-corrected chi connectivity index (χ1v) is 11.8. The highest BCUT2D eigenvalue weighted by Crippen LogP contribution is 2.30. The summed E-state index contributed by atoms with van der Waals surface area (Å²) in [6.07, 6.45) is 17.6. The van der Waals surface area contributed by atoms with E-state index in [9.17, 15) is 4.79 Å². The lowest BCUT2D eigenvalue weighted by Gasteiger charge is -2.26. The van der Waals surface area contributed by atoms with Crippen molar-refractivity contribution in [2.45, 2.75) is 96.2 Å². The smallest absolute Gasteiger partial charge is 0.306 e. The van der Waals surface area contributed by atoms with Crippen LogP contribution < -0.4 is 0 Å². The summed E-state index contributed by atoms with van der Waals surface area (Å²) in [6, 6.07) is 0. The second-order valence-corrected chi connectivity index (χ2v) is 8.55. The molecule has 0 aromatic carbocycles. The number of thioether (sulfide) groups is 1.